The highest BCUT2D eigenvalue weighted by Crippen LogP contribution is 2.56. The molecule has 2 aromatic rings. The summed E-state index contributed by atoms with van der Waals surface area (Å²) >= 11 is 0. The van der Waals surface area contributed by atoms with E-state index >= 15 is 0 Å². The van der Waals surface area contributed by atoms with Crippen molar-refractivity contribution in [2.45, 2.75) is 36.6 Å². The van der Waals surface area contributed by atoms with E-state index in [1.54, 1.807) is 46.5 Å². The van der Waals surface area contributed by atoms with Crippen molar-refractivity contribution in [2.75, 3.05) is 27.2 Å². The number of hydrogen-bond acceptors (Lipinski definition) is 6. The van der Waals surface area contributed by atoms with Crippen molar-refractivity contribution >= 4 is 15.9 Å². The Hall–Kier alpha value is -2.46. The van der Waals surface area contributed by atoms with Gasteiger partial charge in [-0.05, 0) is 43.2 Å². The lowest BCUT2D eigenvalue weighted by atomic mass is 9.59. The maximum atomic E-state index is 13.0. The summed E-state index contributed by atoms with van der Waals surface area (Å²) < 4.78 is 34.6. The van der Waals surface area contributed by atoms with E-state index in [9.17, 15) is 13.2 Å². The van der Waals surface area contributed by atoms with Gasteiger partial charge in [0.25, 0.3) is 5.91 Å². The van der Waals surface area contributed by atoms with Gasteiger partial charge in [-0.25, -0.2) is 13.1 Å². The SMILES string of the molecule is CNC(=O)c1cn(C2CCC23CCN(S(=O)(=O)c2cccc(OC)c2)CC3)nn1. The van der Waals surface area contributed by atoms with Gasteiger partial charge in [0.15, 0.2) is 5.69 Å². The molecule has 1 aliphatic heterocycles. The van der Waals surface area contributed by atoms with Crippen molar-refractivity contribution in [3.05, 3.63) is 36.2 Å². The van der Waals surface area contributed by atoms with Crippen LogP contribution >= 0.6 is 0 Å². The number of nitrogens with zero attached hydrogens (tertiary/aromatic N) is 4. The van der Waals surface area contributed by atoms with Crippen LogP contribution in [0, 0.1) is 5.41 Å². The number of methoxy groups -OCH3 is 1. The molecule has 1 N–H and O–H groups in total. The first-order valence-electron chi connectivity index (χ1n) is 9.68. The molecule has 156 valence electrons. The fourth-order valence-electron chi connectivity index (χ4n) is 4.42. The van der Waals surface area contributed by atoms with Crippen LogP contribution in [0.4, 0.5) is 0 Å². The number of hydrogen-bond donors (Lipinski definition) is 1. The van der Waals surface area contributed by atoms with Gasteiger partial charge in [0.05, 0.1) is 24.2 Å². The third-order valence-corrected chi connectivity index (χ3v) is 8.20. The predicted molar refractivity (Wildman–Crippen MR) is 105 cm³/mol. The Labute approximate surface area is 170 Å². The highest BCUT2D eigenvalue weighted by Gasteiger charge is 2.51. The monoisotopic (exact) mass is 419 g/mol. The highest BCUT2D eigenvalue weighted by atomic mass is 32.2. The van der Waals surface area contributed by atoms with E-state index in [1.165, 1.54) is 7.11 Å². The number of rotatable bonds is 5. The molecule has 4 rings (SSSR count). The number of amides is 1. The molecule has 9 nitrogen and oxygen atoms in total. The van der Waals surface area contributed by atoms with Gasteiger partial charge in [-0.15, -0.1) is 5.10 Å². The third kappa shape index (κ3) is 3.40. The molecule has 2 fully saturated rings. The number of sulfonamides is 1. The summed E-state index contributed by atoms with van der Waals surface area (Å²) in [7, 11) is -0.475. The van der Waals surface area contributed by atoms with Crippen molar-refractivity contribution < 1.29 is 17.9 Å². The van der Waals surface area contributed by atoms with E-state index in [4.69, 9.17) is 4.74 Å². The largest absolute Gasteiger partial charge is 0.497 e. The molecule has 2 aliphatic rings. The van der Waals surface area contributed by atoms with E-state index < -0.39 is 10.0 Å². The zero-order valence-corrected chi connectivity index (χ0v) is 17.4. The third-order valence-electron chi connectivity index (χ3n) is 6.31. The van der Waals surface area contributed by atoms with E-state index in [2.05, 4.69) is 15.6 Å². The van der Waals surface area contributed by atoms with Crippen LogP contribution in [0.1, 0.15) is 42.2 Å². The molecular formula is C19H25N5O4S. The van der Waals surface area contributed by atoms with E-state index in [1.807, 2.05) is 0 Å². The van der Waals surface area contributed by atoms with Crippen LogP contribution in [0.3, 0.4) is 0 Å². The molecule has 1 aliphatic carbocycles. The summed E-state index contributed by atoms with van der Waals surface area (Å²) in [6.07, 6.45) is 5.19. The van der Waals surface area contributed by atoms with E-state index in [0.29, 0.717) is 24.5 Å². The van der Waals surface area contributed by atoms with Gasteiger partial charge >= 0.3 is 0 Å². The summed E-state index contributed by atoms with van der Waals surface area (Å²) in [5.74, 6) is 0.264. The smallest absolute Gasteiger partial charge is 0.273 e. The number of nitrogens with one attached hydrogen (secondary N) is 1. The minimum atomic E-state index is -3.56. The van der Waals surface area contributed by atoms with Crippen LogP contribution < -0.4 is 10.1 Å². The van der Waals surface area contributed by atoms with E-state index in [0.717, 1.165) is 25.7 Å². The number of carbonyl (C=O) groups is 1. The zero-order valence-electron chi connectivity index (χ0n) is 16.5. The summed E-state index contributed by atoms with van der Waals surface area (Å²) in [5, 5.41) is 10.7. The summed E-state index contributed by atoms with van der Waals surface area (Å²) in [6, 6.07) is 6.73. The quantitative estimate of drug-likeness (QED) is 0.786. The second-order valence-corrected chi connectivity index (χ2v) is 9.60. The summed E-state index contributed by atoms with van der Waals surface area (Å²) in [6.45, 7) is 0.931. The maximum absolute atomic E-state index is 13.0. The molecule has 10 heteroatoms. The van der Waals surface area contributed by atoms with E-state index in [-0.39, 0.29) is 22.3 Å². The molecule has 29 heavy (non-hydrogen) atoms. The van der Waals surface area contributed by atoms with Gasteiger partial charge in [-0.2, -0.15) is 4.31 Å². The summed E-state index contributed by atoms with van der Waals surface area (Å²) in [4.78, 5) is 12.0. The highest BCUT2D eigenvalue weighted by molar-refractivity contribution is 7.89. The Morgan fingerprint density at radius 3 is 2.66 bits per heavy atom. The Bertz CT molecular complexity index is 1010. The molecule has 1 saturated carbocycles. The first kappa shape index (κ1) is 19.8. The number of carbonyl (C=O) groups excluding carboxylic acids is 1. The molecule has 1 aromatic carbocycles. The molecular weight excluding hydrogens is 394 g/mol. The lowest BCUT2D eigenvalue weighted by Gasteiger charge is -2.53. The standard InChI is InChI=1S/C19H25N5O4S/c1-20-18(25)16-13-24(22-21-16)17-6-7-19(17)8-10-23(11-9-19)29(26,27)15-5-3-4-14(12-15)28-2/h3-5,12-13,17H,6-11H2,1-2H3,(H,20,25). The summed E-state index contributed by atoms with van der Waals surface area (Å²) in [5.41, 5.74) is 0.307. The molecule has 2 heterocycles. The van der Waals surface area contributed by atoms with Crippen LogP contribution in [0.2, 0.25) is 0 Å². The van der Waals surface area contributed by atoms with Crippen LogP contribution in [-0.2, 0) is 10.0 Å². The first-order chi connectivity index (χ1) is 13.9. The van der Waals surface area contributed by atoms with Crippen LogP contribution in [-0.4, -0.2) is 60.9 Å². The number of ether oxygens (including phenoxy) is 1. The molecule has 1 unspecified atom stereocenters. The van der Waals surface area contributed by atoms with Gasteiger partial charge in [0.2, 0.25) is 10.0 Å². The van der Waals surface area contributed by atoms with Crippen molar-refractivity contribution in [1.29, 1.82) is 0 Å². The molecule has 1 spiro atoms. The van der Waals surface area contributed by atoms with Gasteiger partial charge < -0.3 is 10.1 Å². The minimum absolute atomic E-state index is 0.00799. The van der Waals surface area contributed by atoms with Crippen molar-refractivity contribution in [3.8, 4) is 5.75 Å². The lowest BCUT2D eigenvalue weighted by Crippen LogP contribution is -2.51. The average molecular weight is 420 g/mol. The van der Waals surface area contributed by atoms with Crippen LogP contribution in [0.25, 0.3) is 0 Å². The van der Waals surface area contributed by atoms with Gasteiger partial charge in [-0.3, -0.25) is 4.79 Å². The Balaban J connectivity index is 1.47. The number of piperidine rings is 1. The van der Waals surface area contributed by atoms with Gasteiger partial charge in [0, 0.05) is 26.2 Å². The van der Waals surface area contributed by atoms with Crippen molar-refractivity contribution in [1.82, 2.24) is 24.6 Å². The zero-order chi connectivity index (χ0) is 20.6. The second kappa shape index (κ2) is 7.42. The molecule has 1 atom stereocenters. The molecule has 1 aromatic heterocycles. The molecule has 0 bridgehead atoms. The molecule has 0 radical (unpaired) electrons. The molecule has 1 amide bonds. The normalized spacial score (nSPS) is 21.5. The topological polar surface area (TPSA) is 106 Å². The predicted octanol–water partition coefficient (Wildman–Crippen LogP) is 1.45. The molecule has 1 saturated heterocycles. The Kier molecular flexibility index (Phi) is 5.07. The van der Waals surface area contributed by atoms with Crippen molar-refractivity contribution in [2.24, 2.45) is 5.41 Å². The maximum Gasteiger partial charge on any atom is 0.273 e. The lowest BCUT2D eigenvalue weighted by molar-refractivity contribution is -0.0160. The fraction of sp³-hybridized carbons (Fsp3) is 0.526. The van der Waals surface area contributed by atoms with Crippen LogP contribution in [0.15, 0.2) is 35.4 Å². The Morgan fingerprint density at radius 1 is 1.28 bits per heavy atom. The second-order valence-electron chi connectivity index (χ2n) is 7.66. The fourth-order valence-corrected chi connectivity index (χ4v) is 5.90. The Morgan fingerprint density at radius 2 is 2.03 bits per heavy atom. The van der Waals surface area contributed by atoms with Crippen LogP contribution in [0.5, 0.6) is 5.75 Å². The average Bonchev–Trinajstić information content (AvgIpc) is 3.21. The number of benzene rings is 1. The number of aromatic nitrogens is 3. The minimum Gasteiger partial charge on any atom is -0.497 e. The van der Waals surface area contributed by atoms with Gasteiger partial charge in [-0.1, -0.05) is 11.3 Å². The van der Waals surface area contributed by atoms with Crippen molar-refractivity contribution in [3.63, 3.8) is 0 Å². The first-order valence-corrected chi connectivity index (χ1v) is 11.1. The van der Waals surface area contributed by atoms with Gasteiger partial charge in [0.1, 0.15) is 5.75 Å².